The molecule has 2 aliphatic heterocycles. The fourth-order valence-electron chi connectivity index (χ4n) is 7.89. The number of nitrogens with one attached hydrogen (secondary N) is 2. The van der Waals surface area contributed by atoms with E-state index in [9.17, 15) is 0 Å². The van der Waals surface area contributed by atoms with Gasteiger partial charge in [0.25, 0.3) is 0 Å². The van der Waals surface area contributed by atoms with Crippen LogP contribution in [0.1, 0.15) is 29.0 Å². The molecule has 0 spiro atoms. The zero-order valence-electron chi connectivity index (χ0n) is 28.4. The summed E-state index contributed by atoms with van der Waals surface area (Å²) in [5.41, 5.74) is 13.8. The Morgan fingerprint density at radius 2 is 1.10 bits per heavy atom. The number of aromatic nitrogens is 1. The second-order valence-corrected chi connectivity index (χ2v) is 13.3. The second kappa shape index (κ2) is 12.6. The predicted molar refractivity (Wildman–Crippen MR) is 214 cm³/mol. The molecule has 0 aliphatic carbocycles. The average Bonchev–Trinajstić information content (AvgIpc) is 3.51. The minimum Gasteiger partial charge on any atom is -0.350 e. The summed E-state index contributed by atoms with van der Waals surface area (Å²) in [6.07, 6.45) is -0.388. The maximum Gasteiger partial charge on any atom is 0.131 e. The number of hydrogen-bond donors (Lipinski definition) is 2. The summed E-state index contributed by atoms with van der Waals surface area (Å²) in [7, 11) is 0. The van der Waals surface area contributed by atoms with Crippen LogP contribution in [0, 0.1) is 0 Å². The minimum absolute atomic E-state index is 0.113. The van der Waals surface area contributed by atoms with E-state index in [1.54, 1.807) is 0 Å². The van der Waals surface area contributed by atoms with E-state index in [1.807, 2.05) is 6.07 Å². The summed E-state index contributed by atoms with van der Waals surface area (Å²) in [4.78, 5) is 7.69. The van der Waals surface area contributed by atoms with Crippen molar-refractivity contribution in [1.82, 2.24) is 15.2 Å². The van der Waals surface area contributed by atoms with Crippen molar-refractivity contribution < 1.29 is 0 Å². The smallest absolute Gasteiger partial charge is 0.131 e. The van der Waals surface area contributed by atoms with Gasteiger partial charge in [0.05, 0.1) is 22.6 Å². The van der Waals surface area contributed by atoms with Crippen LogP contribution in [0.3, 0.4) is 0 Å². The highest BCUT2D eigenvalue weighted by molar-refractivity contribution is 6.13. The van der Waals surface area contributed by atoms with Crippen LogP contribution in [0.4, 0.5) is 17.1 Å². The quantitative estimate of drug-likeness (QED) is 0.192. The van der Waals surface area contributed by atoms with Gasteiger partial charge in [-0.05, 0) is 53.6 Å². The molecule has 5 nitrogen and oxygen atoms in total. The van der Waals surface area contributed by atoms with E-state index >= 15 is 0 Å². The number of anilines is 3. The molecule has 0 saturated heterocycles. The monoisotopic (exact) mass is 669 g/mol. The normalized spacial score (nSPS) is 16.2. The van der Waals surface area contributed by atoms with Crippen LogP contribution < -0.4 is 15.5 Å². The number of aliphatic imine (C=N–C) groups is 1. The van der Waals surface area contributed by atoms with E-state index < -0.39 is 0 Å². The van der Waals surface area contributed by atoms with Crippen molar-refractivity contribution in [2.45, 2.75) is 12.3 Å². The lowest BCUT2D eigenvalue weighted by atomic mass is 9.98. The molecule has 2 aliphatic rings. The molecule has 0 amide bonds. The molecule has 248 valence electrons. The molecule has 1 aromatic heterocycles. The summed E-state index contributed by atoms with van der Waals surface area (Å²) in [5, 5.41) is 8.70. The van der Waals surface area contributed by atoms with Gasteiger partial charge in [0.1, 0.15) is 18.2 Å². The van der Waals surface area contributed by atoms with Crippen molar-refractivity contribution in [2.24, 2.45) is 4.99 Å². The van der Waals surface area contributed by atoms with E-state index in [1.165, 1.54) is 33.3 Å². The first-order valence-corrected chi connectivity index (χ1v) is 17.8. The maximum absolute atomic E-state index is 5.27. The van der Waals surface area contributed by atoms with Gasteiger partial charge in [0.2, 0.25) is 0 Å². The molecule has 3 heterocycles. The standard InChI is InChI=1S/C47H35N5/c1-4-17-32(18-5-1)45-48-46(33-19-6-2-7-20-33)50-47(49-45)34-21-16-24-36(31-34)51-40-28-13-10-25-37(40)43-38-26-11-14-29-41(38)52(35-22-8-3-9-23-35)44(43)39-27-12-15-30-42(39)51/h1-31,45,47,49H,(H,48,50)/t45?,47-/m1/s1. The molecule has 7 aromatic carbocycles. The average molecular weight is 670 g/mol. The van der Waals surface area contributed by atoms with Crippen molar-refractivity contribution >= 4 is 33.8 Å². The summed E-state index contributed by atoms with van der Waals surface area (Å²) < 4.78 is 2.43. The van der Waals surface area contributed by atoms with Crippen LogP contribution in [-0.2, 0) is 0 Å². The Balaban J connectivity index is 1.16. The number of hydrogen-bond acceptors (Lipinski definition) is 4. The third-order valence-electron chi connectivity index (χ3n) is 10.2. The Hall–Kier alpha value is -6.69. The topological polar surface area (TPSA) is 44.6 Å². The van der Waals surface area contributed by atoms with Gasteiger partial charge in [-0.25, -0.2) is 4.99 Å². The molecule has 0 bridgehead atoms. The number of fused-ring (bicyclic) bond motifs is 7. The molecule has 2 N–H and O–H groups in total. The Bertz CT molecular complexity index is 2590. The lowest BCUT2D eigenvalue weighted by Gasteiger charge is -2.33. The molecule has 0 saturated carbocycles. The number of nitrogens with zero attached hydrogens (tertiary/aromatic N) is 3. The first-order chi connectivity index (χ1) is 25.8. The molecule has 2 atom stereocenters. The Morgan fingerprint density at radius 1 is 0.500 bits per heavy atom. The summed E-state index contributed by atoms with van der Waals surface area (Å²) >= 11 is 0. The van der Waals surface area contributed by atoms with Gasteiger partial charge < -0.3 is 14.8 Å². The third-order valence-corrected chi connectivity index (χ3v) is 10.2. The predicted octanol–water partition coefficient (Wildman–Crippen LogP) is 11.1. The summed E-state index contributed by atoms with van der Waals surface area (Å²) in [6.45, 7) is 0. The van der Waals surface area contributed by atoms with Gasteiger partial charge in [0.15, 0.2) is 0 Å². The number of benzene rings is 7. The van der Waals surface area contributed by atoms with Crippen molar-refractivity contribution in [3.8, 4) is 28.1 Å². The number of amidine groups is 1. The Labute approximate surface area is 303 Å². The Kier molecular flexibility index (Phi) is 7.29. The molecular weight excluding hydrogens is 635 g/mol. The molecule has 1 unspecified atom stereocenters. The first-order valence-electron chi connectivity index (χ1n) is 17.8. The molecule has 52 heavy (non-hydrogen) atoms. The van der Waals surface area contributed by atoms with Gasteiger partial charge in [0, 0.05) is 39.0 Å². The van der Waals surface area contributed by atoms with Gasteiger partial charge in [-0.2, -0.15) is 0 Å². The largest absolute Gasteiger partial charge is 0.350 e. The zero-order valence-corrected chi connectivity index (χ0v) is 28.4. The first kappa shape index (κ1) is 30.2. The molecular formula is C47H35N5. The molecule has 0 radical (unpaired) electrons. The Morgan fingerprint density at radius 3 is 1.88 bits per heavy atom. The summed E-state index contributed by atoms with van der Waals surface area (Å²) in [5.74, 6) is 0.870. The van der Waals surface area contributed by atoms with Gasteiger partial charge in [-0.15, -0.1) is 0 Å². The summed E-state index contributed by atoms with van der Waals surface area (Å²) in [6, 6.07) is 66.9. The molecule has 10 rings (SSSR count). The van der Waals surface area contributed by atoms with Gasteiger partial charge in [-0.3, -0.25) is 5.32 Å². The van der Waals surface area contributed by atoms with Gasteiger partial charge in [-0.1, -0.05) is 146 Å². The van der Waals surface area contributed by atoms with E-state index in [2.05, 4.69) is 202 Å². The fourth-order valence-corrected chi connectivity index (χ4v) is 7.89. The number of para-hydroxylation sites is 4. The van der Waals surface area contributed by atoms with Crippen molar-refractivity contribution in [3.05, 3.63) is 205 Å². The van der Waals surface area contributed by atoms with Crippen LogP contribution in [0.25, 0.3) is 39.0 Å². The lowest BCUT2D eigenvalue weighted by Crippen LogP contribution is -2.44. The van der Waals surface area contributed by atoms with E-state index in [0.717, 1.165) is 45.3 Å². The van der Waals surface area contributed by atoms with Crippen molar-refractivity contribution in [1.29, 1.82) is 0 Å². The van der Waals surface area contributed by atoms with Crippen LogP contribution in [-0.4, -0.2) is 10.4 Å². The zero-order chi connectivity index (χ0) is 34.4. The van der Waals surface area contributed by atoms with E-state index in [4.69, 9.17) is 4.99 Å². The van der Waals surface area contributed by atoms with Crippen LogP contribution in [0.15, 0.2) is 193 Å². The highest BCUT2D eigenvalue weighted by Gasteiger charge is 2.32. The molecule has 8 aromatic rings. The SMILES string of the molecule is c1ccc(C2=N[C@H](c3cccc(N4c5ccccc5-c5c(n(-c6ccccc6)c6ccccc56)-c5ccccc54)c3)NC(c3ccccc3)N2)cc1. The molecule has 5 heteroatoms. The van der Waals surface area contributed by atoms with Crippen molar-refractivity contribution in [3.63, 3.8) is 0 Å². The highest BCUT2D eigenvalue weighted by Crippen LogP contribution is 2.54. The third kappa shape index (κ3) is 5.02. The lowest BCUT2D eigenvalue weighted by molar-refractivity contribution is 0.409. The fraction of sp³-hybridized carbons (Fsp3) is 0.0426. The number of rotatable bonds is 5. The van der Waals surface area contributed by atoms with E-state index in [0.29, 0.717) is 0 Å². The van der Waals surface area contributed by atoms with Crippen LogP contribution in [0.5, 0.6) is 0 Å². The van der Waals surface area contributed by atoms with Crippen LogP contribution >= 0.6 is 0 Å². The van der Waals surface area contributed by atoms with Crippen molar-refractivity contribution in [2.75, 3.05) is 4.90 Å². The highest BCUT2D eigenvalue weighted by atomic mass is 15.3. The van der Waals surface area contributed by atoms with E-state index in [-0.39, 0.29) is 12.3 Å². The second-order valence-electron chi connectivity index (χ2n) is 13.3. The minimum atomic E-state index is -0.275. The molecule has 0 fully saturated rings. The van der Waals surface area contributed by atoms with Gasteiger partial charge >= 0.3 is 0 Å². The maximum atomic E-state index is 5.27. The van der Waals surface area contributed by atoms with Crippen LogP contribution in [0.2, 0.25) is 0 Å².